The number of rotatable bonds is 6. The molecule has 1 aromatic carbocycles. The lowest BCUT2D eigenvalue weighted by Gasteiger charge is -2.09. The number of ether oxygens (including phenoxy) is 1. The maximum atomic E-state index is 11.4. The summed E-state index contributed by atoms with van der Waals surface area (Å²) in [6.07, 6.45) is 1.63. The first kappa shape index (κ1) is 16.3. The molecule has 6 nitrogen and oxygen atoms in total. The van der Waals surface area contributed by atoms with Gasteiger partial charge < -0.3 is 9.15 Å². The fourth-order valence-corrected chi connectivity index (χ4v) is 3.05. The first-order valence-corrected chi connectivity index (χ1v) is 8.38. The standard InChI is InChI=1S/C17H17N3O3S/c1-12-5-3-6-13(9-12)16-18-19-17(24-11-15(21)22-2)20(16)10-14-7-4-8-23-14/h3-9H,10-11H2,1-2H3. The van der Waals surface area contributed by atoms with Crippen molar-refractivity contribution in [2.75, 3.05) is 12.9 Å². The number of aryl methyl sites for hydroxylation is 1. The Morgan fingerprint density at radius 2 is 2.17 bits per heavy atom. The summed E-state index contributed by atoms with van der Waals surface area (Å²) in [5.74, 6) is 1.41. The molecule has 0 aliphatic carbocycles. The second kappa shape index (κ2) is 7.35. The zero-order valence-electron chi connectivity index (χ0n) is 13.4. The number of carbonyl (C=O) groups is 1. The summed E-state index contributed by atoms with van der Waals surface area (Å²) in [6, 6.07) is 11.8. The van der Waals surface area contributed by atoms with Crippen molar-refractivity contribution in [3.05, 3.63) is 54.0 Å². The van der Waals surface area contributed by atoms with Crippen LogP contribution in [0, 0.1) is 6.92 Å². The van der Waals surface area contributed by atoms with Crippen LogP contribution in [0.15, 0.2) is 52.2 Å². The Balaban J connectivity index is 1.95. The lowest BCUT2D eigenvalue weighted by Crippen LogP contribution is -2.07. The van der Waals surface area contributed by atoms with Crippen LogP contribution in [-0.2, 0) is 16.1 Å². The van der Waals surface area contributed by atoms with E-state index >= 15 is 0 Å². The van der Waals surface area contributed by atoms with E-state index in [1.807, 2.05) is 41.8 Å². The van der Waals surface area contributed by atoms with Gasteiger partial charge in [-0.15, -0.1) is 10.2 Å². The van der Waals surface area contributed by atoms with Crippen LogP contribution in [0.4, 0.5) is 0 Å². The van der Waals surface area contributed by atoms with Crippen molar-refractivity contribution >= 4 is 17.7 Å². The van der Waals surface area contributed by atoms with E-state index in [1.165, 1.54) is 18.9 Å². The van der Waals surface area contributed by atoms with Gasteiger partial charge in [0.25, 0.3) is 0 Å². The van der Waals surface area contributed by atoms with Crippen molar-refractivity contribution in [2.45, 2.75) is 18.6 Å². The summed E-state index contributed by atoms with van der Waals surface area (Å²) >= 11 is 1.29. The molecule has 0 saturated heterocycles. The largest absolute Gasteiger partial charge is 0.468 e. The van der Waals surface area contributed by atoms with Gasteiger partial charge in [-0.3, -0.25) is 9.36 Å². The zero-order chi connectivity index (χ0) is 16.9. The monoisotopic (exact) mass is 343 g/mol. The highest BCUT2D eigenvalue weighted by atomic mass is 32.2. The van der Waals surface area contributed by atoms with Gasteiger partial charge in [0.2, 0.25) is 0 Å². The van der Waals surface area contributed by atoms with Gasteiger partial charge in [-0.05, 0) is 25.1 Å². The fraction of sp³-hybridized carbons (Fsp3) is 0.235. The minimum absolute atomic E-state index is 0.181. The van der Waals surface area contributed by atoms with Crippen molar-refractivity contribution in [2.24, 2.45) is 0 Å². The third kappa shape index (κ3) is 3.68. The molecule has 0 atom stereocenters. The van der Waals surface area contributed by atoms with Gasteiger partial charge in [-0.25, -0.2) is 0 Å². The molecule has 3 rings (SSSR count). The van der Waals surface area contributed by atoms with Gasteiger partial charge in [0.15, 0.2) is 11.0 Å². The van der Waals surface area contributed by atoms with E-state index in [-0.39, 0.29) is 11.7 Å². The number of benzene rings is 1. The summed E-state index contributed by atoms with van der Waals surface area (Å²) in [5.41, 5.74) is 2.11. The van der Waals surface area contributed by atoms with Gasteiger partial charge in [0, 0.05) is 5.56 Å². The zero-order valence-corrected chi connectivity index (χ0v) is 14.2. The second-order valence-corrected chi connectivity index (χ2v) is 6.15. The minimum atomic E-state index is -0.301. The number of esters is 1. The average molecular weight is 343 g/mol. The number of thioether (sulfide) groups is 1. The van der Waals surface area contributed by atoms with Crippen LogP contribution >= 0.6 is 11.8 Å². The van der Waals surface area contributed by atoms with Crippen molar-refractivity contribution in [1.82, 2.24) is 14.8 Å². The lowest BCUT2D eigenvalue weighted by molar-refractivity contribution is -0.137. The molecule has 0 N–H and O–H groups in total. The first-order valence-electron chi connectivity index (χ1n) is 7.39. The molecule has 0 fully saturated rings. The van der Waals surface area contributed by atoms with E-state index in [1.54, 1.807) is 6.26 Å². The quantitative estimate of drug-likeness (QED) is 0.506. The Hall–Kier alpha value is -2.54. The predicted molar refractivity (Wildman–Crippen MR) is 90.7 cm³/mol. The second-order valence-electron chi connectivity index (χ2n) is 5.21. The highest BCUT2D eigenvalue weighted by molar-refractivity contribution is 7.99. The molecular formula is C17H17N3O3S. The summed E-state index contributed by atoms with van der Waals surface area (Å²) in [5, 5.41) is 9.19. The van der Waals surface area contributed by atoms with Gasteiger partial charge in [0.05, 0.1) is 25.7 Å². The van der Waals surface area contributed by atoms with Gasteiger partial charge in [0.1, 0.15) is 5.76 Å². The molecule has 0 amide bonds. The normalized spacial score (nSPS) is 10.8. The van der Waals surface area contributed by atoms with E-state index in [2.05, 4.69) is 21.0 Å². The number of furan rings is 1. The molecule has 7 heteroatoms. The van der Waals surface area contributed by atoms with E-state index < -0.39 is 0 Å². The molecule has 0 aliphatic rings. The molecule has 0 radical (unpaired) electrons. The third-order valence-corrected chi connectivity index (χ3v) is 4.37. The van der Waals surface area contributed by atoms with Crippen LogP contribution in [0.1, 0.15) is 11.3 Å². The lowest BCUT2D eigenvalue weighted by atomic mass is 10.1. The van der Waals surface area contributed by atoms with Crippen LogP contribution in [-0.4, -0.2) is 33.6 Å². The summed E-state index contributed by atoms with van der Waals surface area (Å²) in [7, 11) is 1.37. The number of methoxy groups -OCH3 is 1. The molecule has 24 heavy (non-hydrogen) atoms. The molecule has 0 unspecified atom stereocenters. The molecule has 0 saturated carbocycles. The summed E-state index contributed by atoms with van der Waals surface area (Å²) in [4.78, 5) is 11.4. The van der Waals surface area contributed by atoms with Gasteiger partial charge in [-0.2, -0.15) is 0 Å². The number of aromatic nitrogens is 3. The molecule has 3 aromatic rings. The maximum Gasteiger partial charge on any atom is 0.316 e. The number of nitrogens with zero attached hydrogens (tertiary/aromatic N) is 3. The van der Waals surface area contributed by atoms with E-state index in [4.69, 9.17) is 4.42 Å². The minimum Gasteiger partial charge on any atom is -0.468 e. The molecule has 2 heterocycles. The number of carbonyl (C=O) groups excluding carboxylic acids is 1. The van der Waals surface area contributed by atoms with Crippen LogP contribution in [0.25, 0.3) is 11.4 Å². The summed E-state index contributed by atoms with van der Waals surface area (Å²) in [6.45, 7) is 2.52. The first-order chi connectivity index (χ1) is 11.7. The molecule has 0 spiro atoms. The Kier molecular flexibility index (Phi) is 5.00. The highest BCUT2D eigenvalue weighted by Crippen LogP contribution is 2.26. The topological polar surface area (TPSA) is 70.2 Å². The van der Waals surface area contributed by atoms with E-state index in [9.17, 15) is 4.79 Å². The Bertz CT molecular complexity index is 827. The predicted octanol–water partition coefficient (Wildman–Crippen LogP) is 3.16. The number of hydrogen-bond acceptors (Lipinski definition) is 6. The fourth-order valence-electron chi connectivity index (χ4n) is 2.28. The summed E-state index contributed by atoms with van der Waals surface area (Å²) < 4.78 is 12.1. The molecule has 0 aliphatic heterocycles. The molecule has 2 aromatic heterocycles. The van der Waals surface area contributed by atoms with Crippen LogP contribution < -0.4 is 0 Å². The Labute approximate surface area is 143 Å². The van der Waals surface area contributed by atoms with Gasteiger partial charge in [-0.1, -0.05) is 35.5 Å². The average Bonchev–Trinajstić information content (AvgIpc) is 3.23. The Morgan fingerprint density at radius 3 is 2.88 bits per heavy atom. The SMILES string of the molecule is COC(=O)CSc1nnc(-c2cccc(C)c2)n1Cc1ccco1. The van der Waals surface area contributed by atoms with Crippen LogP contribution in [0.5, 0.6) is 0 Å². The van der Waals surface area contributed by atoms with Crippen molar-refractivity contribution in [3.8, 4) is 11.4 Å². The number of hydrogen-bond donors (Lipinski definition) is 0. The highest BCUT2D eigenvalue weighted by Gasteiger charge is 2.17. The van der Waals surface area contributed by atoms with Crippen molar-refractivity contribution in [1.29, 1.82) is 0 Å². The van der Waals surface area contributed by atoms with Crippen molar-refractivity contribution < 1.29 is 13.9 Å². The van der Waals surface area contributed by atoms with Crippen LogP contribution in [0.2, 0.25) is 0 Å². The third-order valence-electron chi connectivity index (χ3n) is 3.43. The Morgan fingerprint density at radius 1 is 1.29 bits per heavy atom. The maximum absolute atomic E-state index is 11.4. The molecule has 124 valence electrons. The van der Waals surface area contributed by atoms with Crippen molar-refractivity contribution in [3.63, 3.8) is 0 Å². The van der Waals surface area contributed by atoms with Crippen LogP contribution in [0.3, 0.4) is 0 Å². The molecule has 0 bridgehead atoms. The molecular weight excluding hydrogens is 326 g/mol. The van der Waals surface area contributed by atoms with E-state index in [0.29, 0.717) is 11.7 Å². The van der Waals surface area contributed by atoms with E-state index in [0.717, 1.165) is 22.7 Å². The van der Waals surface area contributed by atoms with Gasteiger partial charge >= 0.3 is 5.97 Å². The smallest absolute Gasteiger partial charge is 0.316 e.